The molecular weight excluding hydrogens is 238 g/mol. The maximum atomic E-state index is 11.4. The fourth-order valence-corrected chi connectivity index (χ4v) is 2.29. The first kappa shape index (κ1) is 13.9. The third-order valence-corrected chi connectivity index (χ3v) is 3.67. The molecule has 19 heavy (non-hydrogen) atoms. The number of rotatable bonds is 3. The van der Waals surface area contributed by atoms with Gasteiger partial charge in [-0.3, -0.25) is 4.79 Å². The molecule has 1 fully saturated rings. The lowest BCUT2D eigenvalue weighted by Gasteiger charge is -2.34. The summed E-state index contributed by atoms with van der Waals surface area (Å²) in [5.41, 5.74) is 3.29. The number of nitrogens with zero attached hydrogens (tertiary/aromatic N) is 2. The van der Waals surface area contributed by atoms with Gasteiger partial charge in [-0.15, -0.1) is 0 Å². The Bertz CT molecular complexity index is 451. The van der Waals surface area contributed by atoms with Crippen molar-refractivity contribution in [3.63, 3.8) is 0 Å². The zero-order chi connectivity index (χ0) is 13.8. The smallest absolute Gasteiger partial charge is 0.224 e. The molecule has 2 rings (SSSR count). The third-order valence-electron chi connectivity index (χ3n) is 3.67. The van der Waals surface area contributed by atoms with E-state index in [-0.39, 0.29) is 5.91 Å². The van der Waals surface area contributed by atoms with Crippen LogP contribution in [0.25, 0.3) is 0 Å². The number of carbonyl (C=O) groups is 1. The van der Waals surface area contributed by atoms with Gasteiger partial charge < -0.3 is 15.1 Å². The summed E-state index contributed by atoms with van der Waals surface area (Å²) >= 11 is 0. The molecule has 1 aliphatic heterocycles. The van der Waals surface area contributed by atoms with Gasteiger partial charge in [0, 0.05) is 44.0 Å². The molecule has 0 aromatic heterocycles. The Kier molecular flexibility index (Phi) is 4.43. The zero-order valence-electron chi connectivity index (χ0n) is 12.1. The van der Waals surface area contributed by atoms with E-state index in [9.17, 15) is 4.79 Å². The van der Waals surface area contributed by atoms with Gasteiger partial charge in [0.05, 0.1) is 0 Å². The minimum Gasteiger partial charge on any atom is -0.369 e. The molecule has 0 unspecified atom stereocenters. The molecule has 4 nitrogen and oxygen atoms in total. The van der Waals surface area contributed by atoms with Crippen molar-refractivity contribution < 1.29 is 4.79 Å². The summed E-state index contributed by atoms with van der Waals surface area (Å²) in [7, 11) is 2.16. The van der Waals surface area contributed by atoms with Gasteiger partial charge in [0.2, 0.25) is 5.91 Å². The van der Waals surface area contributed by atoms with Crippen LogP contribution in [0, 0.1) is 6.92 Å². The monoisotopic (exact) mass is 261 g/mol. The largest absolute Gasteiger partial charge is 0.369 e. The topological polar surface area (TPSA) is 35.6 Å². The highest BCUT2D eigenvalue weighted by Crippen LogP contribution is 2.23. The molecule has 104 valence electrons. The highest BCUT2D eigenvalue weighted by molar-refractivity contribution is 5.91. The fraction of sp³-hybridized carbons (Fsp3) is 0.533. The average molecular weight is 261 g/mol. The SMILES string of the molecule is CCC(=O)Nc1ccc(N2CCN(C)CC2)cc1C. The molecule has 1 aromatic rings. The van der Waals surface area contributed by atoms with Crippen molar-refractivity contribution in [1.29, 1.82) is 0 Å². The van der Waals surface area contributed by atoms with E-state index in [2.05, 4.69) is 34.3 Å². The second kappa shape index (κ2) is 6.06. The number of hydrogen-bond donors (Lipinski definition) is 1. The van der Waals surface area contributed by atoms with E-state index in [1.807, 2.05) is 19.9 Å². The molecule has 0 saturated carbocycles. The van der Waals surface area contributed by atoms with E-state index in [1.165, 1.54) is 5.69 Å². The third kappa shape index (κ3) is 3.47. The Morgan fingerprint density at radius 2 is 1.95 bits per heavy atom. The van der Waals surface area contributed by atoms with E-state index in [4.69, 9.17) is 0 Å². The highest BCUT2D eigenvalue weighted by Gasteiger charge is 2.15. The van der Waals surface area contributed by atoms with Crippen molar-refractivity contribution in [2.24, 2.45) is 0 Å². The minimum atomic E-state index is 0.0652. The lowest BCUT2D eigenvalue weighted by atomic mass is 10.1. The van der Waals surface area contributed by atoms with Crippen LogP contribution in [-0.4, -0.2) is 44.0 Å². The maximum absolute atomic E-state index is 11.4. The Labute approximate surface area is 115 Å². The van der Waals surface area contributed by atoms with E-state index in [0.29, 0.717) is 6.42 Å². The average Bonchev–Trinajstić information content (AvgIpc) is 2.41. The van der Waals surface area contributed by atoms with Crippen molar-refractivity contribution in [1.82, 2.24) is 4.90 Å². The normalized spacial score (nSPS) is 16.5. The van der Waals surface area contributed by atoms with Gasteiger partial charge in [-0.25, -0.2) is 0 Å². The number of piperazine rings is 1. The number of hydrogen-bond acceptors (Lipinski definition) is 3. The van der Waals surface area contributed by atoms with Crippen molar-refractivity contribution in [3.05, 3.63) is 23.8 Å². The van der Waals surface area contributed by atoms with Gasteiger partial charge in [0.15, 0.2) is 0 Å². The predicted molar refractivity (Wildman–Crippen MR) is 79.8 cm³/mol. The van der Waals surface area contributed by atoms with Crippen LogP contribution >= 0.6 is 0 Å². The summed E-state index contributed by atoms with van der Waals surface area (Å²) < 4.78 is 0. The van der Waals surface area contributed by atoms with Gasteiger partial charge >= 0.3 is 0 Å². The first-order valence-electron chi connectivity index (χ1n) is 6.94. The summed E-state index contributed by atoms with van der Waals surface area (Å²) in [5, 5.41) is 2.93. The summed E-state index contributed by atoms with van der Waals surface area (Å²) in [4.78, 5) is 16.2. The molecule has 0 aliphatic carbocycles. The van der Waals surface area contributed by atoms with Crippen molar-refractivity contribution >= 4 is 17.3 Å². The summed E-state index contributed by atoms with van der Waals surface area (Å²) in [6.45, 7) is 8.25. The molecule has 1 saturated heterocycles. The summed E-state index contributed by atoms with van der Waals surface area (Å²) in [6.07, 6.45) is 0.514. The lowest BCUT2D eigenvalue weighted by Crippen LogP contribution is -2.44. The molecule has 1 amide bonds. The van der Waals surface area contributed by atoms with Crippen LogP contribution in [0.4, 0.5) is 11.4 Å². The molecule has 0 atom stereocenters. The van der Waals surface area contributed by atoms with E-state index < -0.39 is 0 Å². The number of amides is 1. The van der Waals surface area contributed by atoms with Crippen LogP contribution in [0.15, 0.2) is 18.2 Å². The molecule has 1 aliphatic rings. The number of nitrogens with one attached hydrogen (secondary N) is 1. The van der Waals surface area contributed by atoms with Gasteiger partial charge in [-0.05, 0) is 37.7 Å². The van der Waals surface area contributed by atoms with Crippen LogP contribution in [0.5, 0.6) is 0 Å². The Balaban J connectivity index is 2.08. The first-order valence-corrected chi connectivity index (χ1v) is 6.94. The fourth-order valence-electron chi connectivity index (χ4n) is 2.29. The van der Waals surface area contributed by atoms with E-state index in [0.717, 1.165) is 37.4 Å². The number of carbonyl (C=O) groups excluding carboxylic acids is 1. The minimum absolute atomic E-state index is 0.0652. The Morgan fingerprint density at radius 1 is 1.26 bits per heavy atom. The second-order valence-corrected chi connectivity index (χ2v) is 5.19. The number of likely N-dealkylation sites (N-methyl/N-ethyl adjacent to an activating group) is 1. The van der Waals surface area contributed by atoms with Crippen LogP contribution < -0.4 is 10.2 Å². The standard InChI is InChI=1S/C15H23N3O/c1-4-15(19)16-14-6-5-13(11-12(14)2)18-9-7-17(3)8-10-18/h5-6,11H,4,7-10H2,1-3H3,(H,16,19). The number of benzene rings is 1. The number of anilines is 2. The van der Waals surface area contributed by atoms with Crippen molar-refractivity contribution in [2.45, 2.75) is 20.3 Å². The van der Waals surface area contributed by atoms with Crippen LogP contribution in [-0.2, 0) is 4.79 Å². The van der Waals surface area contributed by atoms with Gasteiger partial charge in [0.1, 0.15) is 0 Å². The zero-order valence-corrected chi connectivity index (χ0v) is 12.1. The maximum Gasteiger partial charge on any atom is 0.224 e. The molecular formula is C15H23N3O. The second-order valence-electron chi connectivity index (χ2n) is 5.19. The summed E-state index contributed by atoms with van der Waals surface area (Å²) in [6, 6.07) is 6.27. The lowest BCUT2D eigenvalue weighted by molar-refractivity contribution is -0.115. The van der Waals surface area contributed by atoms with Crippen molar-refractivity contribution in [2.75, 3.05) is 43.4 Å². The summed E-state index contributed by atoms with van der Waals surface area (Å²) in [5.74, 6) is 0.0652. The highest BCUT2D eigenvalue weighted by atomic mass is 16.1. The molecule has 4 heteroatoms. The Morgan fingerprint density at radius 3 is 2.53 bits per heavy atom. The first-order chi connectivity index (χ1) is 9.10. The quantitative estimate of drug-likeness (QED) is 0.905. The van der Waals surface area contributed by atoms with Gasteiger partial charge in [-0.1, -0.05) is 6.92 Å². The van der Waals surface area contributed by atoms with Crippen LogP contribution in [0.2, 0.25) is 0 Å². The molecule has 0 bridgehead atoms. The molecule has 1 heterocycles. The van der Waals surface area contributed by atoms with Gasteiger partial charge in [-0.2, -0.15) is 0 Å². The molecule has 1 N–H and O–H groups in total. The molecule has 0 radical (unpaired) electrons. The van der Waals surface area contributed by atoms with Crippen molar-refractivity contribution in [3.8, 4) is 0 Å². The Hall–Kier alpha value is -1.55. The van der Waals surface area contributed by atoms with Gasteiger partial charge in [0.25, 0.3) is 0 Å². The predicted octanol–water partition coefficient (Wildman–Crippen LogP) is 2.10. The van der Waals surface area contributed by atoms with Crippen LogP contribution in [0.3, 0.4) is 0 Å². The van der Waals surface area contributed by atoms with Crippen LogP contribution in [0.1, 0.15) is 18.9 Å². The molecule has 1 aromatic carbocycles. The van der Waals surface area contributed by atoms with E-state index in [1.54, 1.807) is 0 Å². The number of aryl methyl sites for hydroxylation is 1. The van der Waals surface area contributed by atoms with E-state index >= 15 is 0 Å². The molecule has 0 spiro atoms.